The highest BCUT2D eigenvalue weighted by Crippen LogP contribution is 2.53. The lowest BCUT2D eigenvalue weighted by molar-refractivity contribution is 0.103. The van der Waals surface area contributed by atoms with Gasteiger partial charge < -0.3 is 0 Å². The smallest absolute Gasteiger partial charge is 0.193 e. The summed E-state index contributed by atoms with van der Waals surface area (Å²) in [6, 6.07) is 22.6. The molecule has 1 aliphatic rings. The van der Waals surface area contributed by atoms with Gasteiger partial charge in [0.05, 0.1) is 0 Å². The maximum atomic E-state index is 13.3. The van der Waals surface area contributed by atoms with Crippen molar-refractivity contribution in [1.82, 2.24) is 0 Å². The molecule has 0 atom stereocenters. The summed E-state index contributed by atoms with van der Waals surface area (Å²) in [5, 5.41) is 0. The average molecular weight is 467 g/mol. The minimum Gasteiger partial charge on any atom is -0.289 e. The Hall–Kier alpha value is -3.92. The van der Waals surface area contributed by atoms with Crippen LogP contribution in [0.3, 0.4) is 0 Å². The van der Waals surface area contributed by atoms with Gasteiger partial charge in [-0.25, -0.2) is 8.78 Å². The fourth-order valence-electron chi connectivity index (χ4n) is 5.33. The molecule has 0 heterocycles. The van der Waals surface area contributed by atoms with Crippen molar-refractivity contribution in [3.05, 3.63) is 130 Å². The van der Waals surface area contributed by atoms with Crippen LogP contribution in [0.15, 0.2) is 84.9 Å². The van der Waals surface area contributed by atoms with E-state index in [2.05, 4.69) is 13.8 Å². The third-order valence-electron chi connectivity index (χ3n) is 7.30. The lowest BCUT2D eigenvalue weighted by Crippen LogP contribution is -2.24. The van der Waals surface area contributed by atoms with E-state index in [-0.39, 0.29) is 28.6 Å². The molecule has 0 unspecified atom stereocenters. The van der Waals surface area contributed by atoms with E-state index in [9.17, 15) is 18.4 Å². The molecule has 174 valence electrons. The molecule has 4 aromatic carbocycles. The molecule has 0 aromatic heterocycles. The molecule has 0 bridgehead atoms. The first-order valence-corrected chi connectivity index (χ1v) is 11.8. The van der Waals surface area contributed by atoms with E-state index in [1.807, 2.05) is 36.4 Å². The number of carbonyl (C=O) groups is 2. The second-order valence-corrected chi connectivity index (χ2v) is 8.98. The fraction of sp³-hybridized carbons (Fsp3) is 0.161. The lowest BCUT2D eigenvalue weighted by Gasteiger charge is -2.30. The molecule has 0 radical (unpaired) electrons. The summed E-state index contributed by atoms with van der Waals surface area (Å²) in [6.45, 7) is 4.23. The summed E-state index contributed by atoms with van der Waals surface area (Å²) in [4.78, 5) is 26.3. The predicted molar refractivity (Wildman–Crippen MR) is 133 cm³/mol. The van der Waals surface area contributed by atoms with Crippen molar-refractivity contribution in [3.63, 3.8) is 0 Å². The molecule has 5 rings (SSSR count). The number of fused-ring (bicyclic) bond motifs is 3. The fourth-order valence-corrected chi connectivity index (χ4v) is 5.33. The van der Waals surface area contributed by atoms with Crippen LogP contribution in [0.2, 0.25) is 0 Å². The molecule has 0 spiro atoms. The molecule has 0 saturated carbocycles. The van der Waals surface area contributed by atoms with Crippen LogP contribution in [0.5, 0.6) is 0 Å². The van der Waals surface area contributed by atoms with Crippen LogP contribution < -0.4 is 0 Å². The maximum absolute atomic E-state index is 13.3. The van der Waals surface area contributed by atoms with Gasteiger partial charge in [-0.15, -0.1) is 0 Å². The lowest BCUT2D eigenvalue weighted by atomic mass is 9.73. The number of halogens is 2. The van der Waals surface area contributed by atoms with Gasteiger partial charge in [-0.3, -0.25) is 9.59 Å². The Morgan fingerprint density at radius 1 is 0.571 bits per heavy atom. The van der Waals surface area contributed by atoms with E-state index in [1.165, 1.54) is 48.5 Å². The van der Waals surface area contributed by atoms with Crippen LogP contribution in [0.25, 0.3) is 11.1 Å². The first-order valence-electron chi connectivity index (χ1n) is 11.8. The van der Waals surface area contributed by atoms with Crippen molar-refractivity contribution in [3.8, 4) is 11.1 Å². The molecule has 2 nitrogen and oxygen atoms in total. The Kier molecular flexibility index (Phi) is 5.68. The Morgan fingerprint density at radius 3 is 1.26 bits per heavy atom. The first-order chi connectivity index (χ1) is 16.9. The van der Waals surface area contributed by atoms with Gasteiger partial charge in [0.15, 0.2) is 11.6 Å². The topological polar surface area (TPSA) is 34.1 Å². The molecule has 0 N–H and O–H groups in total. The molecule has 4 heteroatoms. The zero-order valence-corrected chi connectivity index (χ0v) is 19.6. The van der Waals surface area contributed by atoms with Gasteiger partial charge in [0, 0.05) is 27.7 Å². The summed E-state index contributed by atoms with van der Waals surface area (Å²) in [5.74, 6) is -1.07. The Bertz CT molecular complexity index is 1340. The Balaban J connectivity index is 1.59. The molecule has 0 aliphatic heterocycles. The minimum absolute atomic E-state index is 0.156. The number of hydrogen-bond acceptors (Lipinski definition) is 2. The highest BCUT2D eigenvalue weighted by molar-refractivity contribution is 6.10. The Morgan fingerprint density at radius 2 is 0.914 bits per heavy atom. The summed E-state index contributed by atoms with van der Waals surface area (Å²) >= 11 is 0. The number of rotatable bonds is 6. The van der Waals surface area contributed by atoms with Gasteiger partial charge in [-0.05, 0) is 95.8 Å². The zero-order chi connectivity index (χ0) is 24.7. The highest BCUT2D eigenvalue weighted by Gasteiger charge is 2.41. The third-order valence-corrected chi connectivity index (χ3v) is 7.30. The number of hydrogen-bond donors (Lipinski definition) is 0. The van der Waals surface area contributed by atoms with Crippen molar-refractivity contribution < 1.29 is 18.4 Å². The maximum Gasteiger partial charge on any atom is 0.193 e. The predicted octanol–water partition coefficient (Wildman–Crippen LogP) is 7.51. The highest BCUT2D eigenvalue weighted by atomic mass is 19.1. The second-order valence-electron chi connectivity index (χ2n) is 8.98. The molecule has 0 fully saturated rings. The van der Waals surface area contributed by atoms with Gasteiger partial charge in [0.2, 0.25) is 0 Å². The first kappa shape index (κ1) is 22.9. The van der Waals surface area contributed by atoms with Crippen LogP contribution in [-0.2, 0) is 5.41 Å². The van der Waals surface area contributed by atoms with Crippen molar-refractivity contribution in [2.24, 2.45) is 0 Å². The minimum atomic E-state index is -0.382. The van der Waals surface area contributed by atoms with Crippen LogP contribution in [0.4, 0.5) is 8.78 Å². The van der Waals surface area contributed by atoms with Gasteiger partial charge >= 0.3 is 0 Å². The summed E-state index contributed by atoms with van der Waals surface area (Å²) in [5.41, 5.74) is 5.88. The van der Waals surface area contributed by atoms with Crippen LogP contribution in [0, 0.1) is 11.6 Å². The molecule has 0 amide bonds. The van der Waals surface area contributed by atoms with Crippen LogP contribution in [-0.4, -0.2) is 11.6 Å². The number of benzene rings is 4. The van der Waals surface area contributed by atoms with Crippen LogP contribution in [0.1, 0.15) is 69.7 Å². The van der Waals surface area contributed by atoms with Gasteiger partial charge in [-0.2, -0.15) is 0 Å². The van der Waals surface area contributed by atoms with E-state index >= 15 is 0 Å². The molecular formula is C31H24F2O2. The van der Waals surface area contributed by atoms with E-state index in [0.717, 1.165) is 35.1 Å². The van der Waals surface area contributed by atoms with E-state index in [0.29, 0.717) is 22.3 Å². The van der Waals surface area contributed by atoms with Crippen molar-refractivity contribution in [2.75, 3.05) is 0 Å². The summed E-state index contributed by atoms with van der Waals surface area (Å²) in [7, 11) is 0. The normalized spacial score (nSPS) is 13.3. The quantitative estimate of drug-likeness (QED) is 0.276. The van der Waals surface area contributed by atoms with Crippen molar-refractivity contribution >= 4 is 11.6 Å². The van der Waals surface area contributed by atoms with E-state index in [4.69, 9.17) is 0 Å². The van der Waals surface area contributed by atoms with Gasteiger partial charge in [-0.1, -0.05) is 38.1 Å². The SMILES string of the molecule is CCC1(CC)c2cc(C(=O)c3ccc(F)cc3)ccc2-c2ccc(C(=O)c3ccc(F)cc3)cc21. The standard InChI is InChI=1S/C31H24F2O2/c1-3-31(4-2)27-17-21(29(34)19-5-11-23(32)12-6-19)9-15-25(27)26-16-10-22(18-28(26)31)30(35)20-7-13-24(33)14-8-20/h5-18H,3-4H2,1-2H3. The monoisotopic (exact) mass is 466 g/mol. The summed E-state index contributed by atoms with van der Waals surface area (Å²) < 4.78 is 26.7. The van der Waals surface area contributed by atoms with Crippen molar-refractivity contribution in [1.29, 1.82) is 0 Å². The Labute approximate surface area is 203 Å². The van der Waals surface area contributed by atoms with E-state index < -0.39 is 0 Å². The van der Waals surface area contributed by atoms with Crippen LogP contribution >= 0.6 is 0 Å². The number of carbonyl (C=O) groups excluding carboxylic acids is 2. The molecule has 0 saturated heterocycles. The van der Waals surface area contributed by atoms with Gasteiger partial charge in [0.25, 0.3) is 0 Å². The molecular weight excluding hydrogens is 442 g/mol. The zero-order valence-electron chi connectivity index (χ0n) is 19.6. The summed E-state index contributed by atoms with van der Waals surface area (Å²) in [6.07, 6.45) is 1.60. The third kappa shape index (κ3) is 3.70. The molecule has 4 aromatic rings. The average Bonchev–Trinajstić information content (AvgIpc) is 3.17. The van der Waals surface area contributed by atoms with Crippen molar-refractivity contribution in [2.45, 2.75) is 32.1 Å². The molecule has 35 heavy (non-hydrogen) atoms. The van der Waals surface area contributed by atoms with E-state index in [1.54, 1.807) is 0 Å². The molecule has 1 aliphatic carbocycles. The second kappa shape index (κ2) is 8.70. The largest absolute Gasteiger partial charge is 0.289 e. The number of ketones is 2. The van der Waals surface area contributed by atoms with Gasteiger partial charge in [0.1, 0.15) is 11.6 Å².